The van der Waals surface area contributed by atoms with E-state index in [0.717, 1.165) is 96.3 Å². The Hall–Kier alpha value is -2.45. The number of unbranched alkanes of at least 4 members (excludes halogenated alkanes) is 13. The van der Waals surface area contributed by atoms with Gasteiger partial charge in [0.2, 0.25) is 0 Å². The van der Waals surface area contributed by atoms with Crippen molar-refractivity contribution in [3.63, 3.8) is 0 Å². The lowest BCUT2D eigenvalue weighted by atomic mass is 9.85. The minimum atomic E-state index is -5.13. The van der Waals surface area contributed by atoms with Crippen LogP contribution >= 0.6 is 7.82 Å². The summed E-state index contributed by atoms with van der Waals surface area (Å²) in [7, 11) is -5.13. The summed E-state index contributed by atoms with van der Waals surface area (Å²) < 4.78 is 33.4. The summed E-state index contributed by atoms with van der Waals surface area (Å²) in [6.45, 7) is 3.12. The summed E-state index contributed by atoms with van der Waals surface area (Å²) in [5, 5.41) is 50.1. The summed E-state index contributed by atoms with van der Waals surface area (Å²) in [6.07, 6.45) is 28.5. The van der Waals surface area contributed by atoms with Gasteiger partial charge >= 0.3 is 19.8 Å². The Morgan fingerprint density at radius 1 is 0.542 bits per heavy atom. The molecule has 6 N–H and O–H groups in total. The van der Waals surface area contributed by atoms with Gasteiger partial charge in [-0.15, -0.1) is 0 Å². The first-order valence-corrected chi connectivity index (χ1v) is 23.6. The van der Waals surface area contributed by atoms with Crippen molar-refractivity contribution < 1.29 is 63.1 Å². The standard InChI is InChI=1S/C45H77O13P/c1-3-5-7-9-11-13-15-17-19-21-23-25-27-29-31-33-38(46)55-35-37(36-56-59(53,54)58-45-43(51)41(49)40(48)42(50)44(45)52)57-39(47)34-32-30-28-26-24-22-20-18-16-14-12-10-8-6-4-2/h5,7,11-14,17-20,37,40-45,48-52H,3-4,6,8-10,15-16,21-36H2,1-2H3,(H,53,54)/b7-5+,13-11+,14-12+,19-17+,20-18+/t37-,40?,41-,42?,43?,44?,45?/m1/s1. The van der Waals surface area contributed by atoms with Crippen molar-refractivity contribution in [1.82, 2.24) is 0 Å². The van der Waals surface area contributed by atoms with E-state index < -0.39 is 75.7 Å². The number of phosphoric acid groups is 1. The molecule has 0 spiro atoms. The zero-order valence-electron chi connectivity index (χ0n) is 35.8. The molecule has 13 nitrogen and oxygen atoms in total. The van der Waals surface area contributed by atoms with Crippen molar-refractivity contribution in [3.8, 4) is 0 Å². The maximum Gasteiger partial charge on any atom is 0.472 e. The van der Waals surface area contributed by atoms with Crippen molar-refractivity contribution in [3.05, 3.63) is 60.8 Å². The molecule has 0 heterocycles. The van der Waals surface area contributed by atoms with Crippen molar-refractivity contribution in [2.45, 2.75) is 198 Å². The fraction of sp³-hybridized carbons (Fsp3) is 0.733. The predicted octanol–water partition coefficient (Wildman–Crippen LogP) is 8.16. The molecular formula is C45H77O13P. The van der Waals surface area contributed by atoms with E-state index in [0.29, 0.717) is 12.8 Å². The lowest BCUT2D eigenvalue weighted by Gasteiger charge is -2.41. The van der Waals surface area contributed by atoms with Crippen LogP contribution in [0, 0.1) is 0 Å². The number of phosphoric ester groups is 1. The molecule has 0 aromatic rings. The second-order valence-electron chi connectivity index (χ2n) is 15.2. The lowest BCUT2D eigenvalue weighted by Crippen LogP contribution is -2.64. The van der Waals surface area contributed by atoms with Crippen LogP contribution in [0.5, 0.6) is 0 Å². The molecule has 1 aliphatic carbocycles. The van der Waals surface area contributed by atoms with Crippen LogP contribution in [0.3, 0.4) is 0 Å². The molecule has 0 amide bonds. The highest BCUT2D eigenvalue weighted by molar-refractivity contribution is 7.47. The Labute approximate surface area is 353 Å². The molecule has 6 unspecified atom stereocenters. The SMILES string of the molecule is CC/C=C/C/C=C/C/C=C/CCCCCCCC(=O)OC[C@H](COP(=O)(O)OC1C(O)C(O)C(O)[C@@H](O)C1O)OC(=O)CCCCCCC/C=C/C/C=C/CCCCC. The van der Waals surface area contributed by atoms with Crippen molar-refractivity contribution in [1.29, 1.82) is 0 Å². The van der Waals surface area contributed by atoms with Crippen molar-refractivity contribution >= 4 is 19.8 Å². The van der Waals surface area contributed by atoms with Crippen LogP contribution < -0.4 is 0 Å². The third-order valence-corrected chi connectivity index (χ3v) is 10.8. The summed E-state index contributed by atoms with van der Waals surface area (Å²) in [5.74, 6) is -1.14. The maximum atomic E-state index is 12.8. The van der Waals surface area contributed by atoms with E-state index in [-0.39, 0.29) is 12.8 Å². The molecule has 1 rings (SSSR count). The number of hydrogen-bond donors (Lipinski definition) is 6. The van der Waals surface area contributed by atoms with E-state index in [4.69, 9.17) is 18.5 Å². The second kappa shape index (κ2) is 35.2. The van der Waals surface area contributed by atoms with Gasteiger partial charge in [-0.1, -0.05) is 126 Å². The Balaban J connectivity index is 2.51. The number of ether oxygens (including phenoxy) is 2. The third kappa shape index (κ3) is 27.9. The van der Waals surface area contributed by atoms with Gasteiger partial charge < -0.3 is 39.9 Å². The number of aliphatic hydroxyl groups excluding tert-OH is 5. The fourth-order valence-electron chi connectivity index (χ4n) is 6.27. The van der Waals surface area contributed by atoms with Gasteiger partial charge in [-0.2, -0.15) is 0 Å². The van der Waals surface area contributed by atoms with Gasteiger partial charge in [-0.3, -0.25) is 18.6 Å². The van der Waals surface area contributed by atoms with Crippen LogP contribution in [0.15, 0.2) is 60.8 Å². The molecule has 340 valence electrons. The van der Waals surface area contributed by atoms with E-state index in [1.54, 1.807) is 0 Å². The molecule has 1 saturated carbocycles. The predicted molar refractivity (Wildman–Crippen MR) is 230 cm³/mol. The first kappa shape index (κ1) is 54.6. The average Bonchev–Trinajstić information content (AvgIpc) is 3.21. The van der Waals surface area contributed by atoms with E-state index >= 15 is 0 Å². The lowest BCUT2D eigenvalue weighted by molar-refractivity contribution is -0.220. The topological polar surface area (TPSA) is 210 Å². The average molecular weight is 857 g/mol. The Morgan fingerprint density at radius 3 is 1.47 bits per heavy atom. The third-order valence-electron chi connectivity index (χ3n) is 9.84. The van der Waals surface area contributed by atoms with Crippen molar-refractivity contribution in [2.75, 3.05) is 13.2 Å². The summed E-state index contributed by atoms with van der Waals surface area (Å²) in [4.78, 5) is 35.6. The first-order valence-electron chi connectivity index (χ1n) is 22.1. The Kier molecular flexibility index (Phi) is 32.5. The quantitative estimate of drug-likeness (QED) is 0.0154. The molecule has 1 fully saturated rings. The van der Waals surface area contributed by atoms with Crippen LogP contribution in [0.25, 0.3) is 0 Å². The molecule has 0 radical (unpaired) electrons. The molecular weight excluding hydrogens is 779 g/mol. The molecule has 0 bridgehead atoms. The molecule has 0 saturated heterocycles. The van der Waals surface area contributed by atoms with Crippen molar-refractivity contribution in [2.24, 2.45) is 0 Å². The van der Waals surface area contributed by atoms with Gasteiger partial charge in [0.15, 0.2) is 6.10 Å². The van der Waals surface area contributed by atoms with E-state index in [2.05, 4.69) is 74.6 Å². The summed E-state index contributed by atoms with van der Waals surface area (Å²) in [5.41, 5.74) is 0. The van der Waals surface area contributed by atoms with Gasteiger partial charge in [0, 0.05) is 12.8 Å². The molecule has 14 heteroatoms. The number of carbonyl (C=O) groups is 2. The van der Waals surface area contributed by atoms with E-state index in [1.165, 1.54) is 19.3 Å². The molecule has 1 aliphatic rings. The van der Waals surface area contributed by atoms with Gasteiger partial charge in [-0.25, -0.2) is 4.57 Å². The number of aliphatic hydroxyl groups is 5. The molecule has 0 aliphatic heterocycles. The fourth-order valence-corrected chi connectivity index (χ4v) is 7.24. The number of esters is 2. The summed E-state index contributed by atoms with van der Waals surface area (Å²) >= 11 is 0. The highest BCUT2D eigenvalue weighted by atomic mass is 31.2. The minimum absolute atomic E-state index is 0.0740. The van der Waals surface area contributed by atoms with Gasteiger partial charge in [0.25, 0.3) is 0 Å². The number of carbonyl (C=O) groups excluding carboxylic acids is 2. The number of hydrogen-bond acceptors (Lipinski definition) is 12. The van der Waals surface area contributed by atoms with Crippen LogP contribution in [0.2, 0.25) is 0 Å². The van der Waals surface area contributed by atoms with Crippen LogP contribution in [0.4, 0.5) is 0 Å². The second-order valence-corrected chi connectivity index (χ2v) is 16.6. The number of rotatable bonds is 35. The maximum absolute atomic E-state index is 12.8. The summed E-state index contributed by atoms with van der Waals surface area (Å²) in [6, 6.07) is 0. The highest BCUT2D eigenvalue weighted by Crippen LogP contribution is 2.47. The Bertz CT molecular complexity index is 1270. The van der Waals surface area contributed by atoms with E-state index in [9.17, 15) is 44.6 Å². The zero-order valence-corrected chi connectivity index (χ0v) is 36.7. The minimum Gasteiger partial charge on any atom is -0.462 e. The molecule has 0 aromatic carbocycles. The zero-order chi connectivity index (χ0) is 43.6. The monoisotopic (exact) mass is 857 g/mol. The van der Waals surface area contributed by atoms with Gasteiger partial charge in [-0.05, 0) is 77.0 Å². The largest absolute Gasteiger partial charge is 0.472 e. The van der Waals surface area contributed by atoms with Crippen LogP contribution in [0.1, 0.15) is 155 Å². The van der Waals surface area contributed by atoms with E-state index in [1.807, 2.05) is 0 Å². The van der Waals surface area contributed by atoms with Crippen LogP contribution in [-0.4, -0.2) is 98.3 Å². The van der Waals surface area contributed by atoms with Crippen LogP contribution in [-0.2, 0) is 32.7 Å². The highest BCUT2D eigenvalue weighted by Gasteiger charge is 2.51. The molecule has 8 atom stereocenters. The number of allylic oxidation sites excluding steroid dienone is 10. The Morgan fingerprint density at radius 2 is 0.966 bits per heavy atom. The van der Waals surface area contributed by atoms with Gasteiger partial charge in [0.1, 0.15) is 43.2 Å². The smallest absolute Gasteiger partial charge is 0.462 e. The van der Waals surface area contributed by atoms with Gasteiger partial charge in [0.05, 0.1) is 6.61 Å². The molecule has 59 heavy (non-hydrogen) atoms. The first-order chi connectivity index (χ1) is 28.4. The normalized spacial score (nSPS) is 22.9. The molecule has 0 aromatic heterocycles.